The number of hydrogen-bond acceptors (Lipinski definition) is 3. The van der Waals surface area contributed by atoms with Crippen molar-refractivity contribution in [2.45, 2.75) is 39.7 Å². The zero-order valence-electron chi connectivity index (χ0n) is 10.3. The summed E-state index contributed by atoms with van der Waals surface area (Å²) < 4.78 is 0. The third-order valence-electron chi connectivity index (χ3n) is 2.04. The molecule has 0 rings (SSSR count). The van der Waals surface area contributed by atoms with Crippen molar-refractivity contribution in [3.8, 4) is 0 Å². The van der Waals surface area contributed by atoms with E-state index in [2.05, 4.69) is 17.1 Å². The second kappa shape index (κ2) is 8.68. The third-order valence-corrected chi connectivity index (χ3v) is 2.04. The van der Waals surface area contributed by atoms with Crippen molar-refractivity contribution in [3.63, 3.8) is 0 Å². The van der Waals surface area contributed by atoms with E-state index in [1.165, 1.54) is 0 Å². The number of carbonyl (C=O) groups excluding carboxylic acids is 1. The lowest BCUT2D eigenvalue weighted by Gasteiger charge is -2.21. The standard InChI is InChI=1S/C11H25N3O/c1-4-7-14(8-5-6-12)9-11(15)13-10(2)3/h10H,4-9,12H2,1-3H3,(H,13,15). The maximum Gasteiger partial charge on any atom is 0.234 e. The molecule has 0 bridgehead atoms. The molecule has 0 aliphatic carbocycles. The molecule has 90 valence electrons. The molecular weight excluding hydrogens is 190 g/mol. The highest BCUT2D eigenvalue weighted by Gasteiger charge is 2.09. The van der Waals surface area contributed by atoms with Crippen molar-refractivity contribution < 1.29 is 4.79 Å². The van der Waals surface area contributed by atoms with E-state index in [4.69, 9.17) is 5.73 Å². The zero-order valence-corrected chi connectivity index (χ0v) is 10.3. The maximum atomic E-state index is 11.5. The van der Waals surface area contributed by atoms with Crippen LogP contribution in [0.4, 0.5) is 0 Å². The zero-order chi connectivity index (χ0) is 11.7. The SMILES string of the molecule is CCCN(CCCN)CC(=O)NC(C)C. The molecule has 3 N–H and O–H groups in total. The average Bonchev–Trinajstić information content (AvgIpc) is 2.13. The first-order valence-electron chi connectivity index (χ1n) is 5.82. The molecule has 0 heterocycles. The van der Waals surface area contributed by atoms with Crippen molar-refractivity contribution in [1.82, 2.24) is 10.2 Å². The van der Waals surface area contributed by atoms with E-state index in [9.17, 15) is 4.79 Å². The van der Waals surface area contributed by atoms with Crippen LogP contribution in [0.2, 0.25) is 0 Å². The number of carbonyl (C=O) groups is 1. The number of nitrogens with two attached hydrogens (primary N) is 1. The Morgan fingerprint density at radius 1 is 1.40 bits per heavy atom. The van der Waals surface area contributed by atoms with Crippen LogP contribution in [-0.4, -0.2) is 43.0 Å². The second-order valence-electron chi connectivity index (χ2n) is 4.14. The summed E-state index contributed by atoms with van der Waals surface area (Å²) in [5.74, 6) is 0.107. The first kappa shape index (κ1) is 14.4. The maximum absolute atomic E-state index is 11.5. The lowest BCUT2D eigenvalue weighted by atomic mass is 10.3. The summed E-state index contributed by atoms with van der Waals surface area (Å²) in [6.07, 6.45) is 2.02. The number of hydrogen-bond donors (Lipinski definition) is 2. The highest BCUT2D eigenvalue weighted by Crippen LogP contribution is 1.93. The number of rotatable bonds is 8. The Morgan fingerprint density at radius 2 is 2.07 bits per heavy atom. The third kappa shape index (κ3) is 8.39. The predicted molar refractivity (Wildman–Crippen MR) is 63.7 cm³/mol. The van der Waals surface area contributed by atoms with Gasteiger partial charge in [-0.15, -0.1) is 0 Å². The van der Waals surface area contributed by atoms with Crippen LogP contribution in [0, 0.1) is 0 Å². The van der Waals surface area contributed by atoms with E-state index >= 15 is 0 Å². The van der Waals surface area contributed by atoms with Gasteiger partial charge in [-0.25, -0.2) is 0 Å². The van der Waals surface area contributed by atoms with Gasteiger partial charge in [0, 0.05) is 6.04 Å². The van der Waals surface area contributed by atoms with Crippen LogP contribution in [0.3, 0.4) is 0 Å². The van der Waals surface area contributed by atoms with Gasteiger partial charge >= 0.3 is 0 Å². The molecule has 4 heteroatoms. The van der Waals surface area contributed by atoms with Gasteiger partial charge < -0.3 is 11.1 Å². The van der Waals surface area contributed by atoms with E-state index in [-0.39, 0.29) is 11.9 Å². The highest BCUT2D eigenvalue weighted by atomic mass is 16.2. The minimum Gasteiger partial charge on any atom is -0.353 e. The van der Waals surface area contributed by atoms with Crippen LogP contribution < -0.4 is 11.1 Å². The molecule has 0 fully saturated rings. The van der Waals surface area contributed by atoms with E-state index in [0.29, 0.717) is 13.1 Å². The van der Waals surface area contributed by atoms with Crippen molar-refractivity contribution in [1.29, 1.82) is 0 Å². The Kier molecular flexibility index (Phi) is 8.33. The first-order valence-corrected chi connectivity index (χ1v) is 5.82. The molecule has 4 nitrogen and oxygen atoms in total. The second-order valence-corrected chi connectivity index (χ2v) is 4.14. The van der Waals surface area contributed by atoms with Crippen LogP contribution >= 0.6 is 0 Å². The number of amides is 1. The lowest BCUT2D eigenvalue weighted by Crippen LogP contribution is -2.41. The van der Waals surface area contributed by atoms with Gasteiger partial charge in [-0.1, -0.05) is 6.92 Å². The molecule has 0 atom stereocenters. The smallest absolute Gasteiger partial charge is 0.234 e. The van der Waals surface area contributed by atoms with Gasteiger partial charge in [-0.3, -0.25) is 9.69 Å². The summed E-state index contributed by atoms with van der Waals surface area (Å²) in [6, 6.07) is 0.218. The Hall–Kier alpha value is -0.610. The summed E-state index contributed by atoms with van der Waals surface area (Å²) in [5, 5.41) is 2.90. The fraction of sp³-hybridized carbons (Fsp3) is 0.909. The van der Waals surface area contributed by atoms with Gasteiger partial charge in [0.15, 0.2) is 0 Å². The van der Waals surface area contributed by atoms with Crippen molar-refractivity contribution in [2.24, 2.45) is 5.73 Å². The molecule has 1 amide bonds. The fourth-order valence-corrected chi connectivity index (χ4v) is 1.47. The van der Waals surface area contributed by atoms with Gasteiger partial charge in [0.1, 0.15) is 0 Å². The van der Waals surface area contributed by atoms with Crippen LogP contribution in [0.1, 0.15) is 33.6 Å². The van der Waals surface area contributed by atoms with Crippen molar-refractivity contribution in [3.05, 3.63) is 0 Å². The molecule has 0 spiro atoms. The van der Waals surface area contributed by atoms with E-state index in [1.807, 2.05) is 13.8 Å². The van der Waals surface area contributed by atoms with E-state index < -0.39 is 0 Å². The van der Waals surface area contributed by atoms with Crippen LogP contribution in [0.5, 0.6) is 0 Å². The molecule has 0 aromatic carbocycles. The Labute approximate surface area is 93.2 Å². The molecule has 15 heavy (non-hydrogen) atoms. The predicted octanol–water partition coefficient (Wildman–Crippen LogP) is 0.572. The lowest BCUT2D eigenvalue weighted by molar-refractivity contribution is -0.122. The summed E-state index contributed by atoms with van der Waals surface area (Å²) in [5.41, 5.74) is 5.46. The highest BCUT2D eigenvalue weighted by molar-refractivity contribution is 5.78. The molecule has 0 radical (unpaired) electrons. The van der Waals surface area contributed by atoms with Crippen LogP contribution in [0.25, 0.3) is 0 Å². The molecule has 0 aliphatic rings. The summed E-state index contributed by atoms with van der Waals surface area (Å²) >= 11 is 0. The quantitative estimate of drug-likeness (QED) is 0.622. The minimum absolute atomic E-state index is 0.107. The Balaban J connectivity index is 3.86. The molecule has 0 aromatic heterocycles. The van der Waals surface area contributed by atoms with Crippen LogP contribution in [-0.2, 0) is 4.79 Å². The van der Waals surface area contributed by atoms with Crippen LogP contribution in [0.15, 0.2) is 0 Å². The largest absolute Gasteiger partial charge is 0.353 e. The van der Waals surface area contributed by atoms with E-state index in [0.717, 1.165) is 25.9 Å². The normalized spacial score (nSPS) is 11.1. The van der Waals surface area contributed by atoms with E-state index in [1.54, 1.807) is 0 Å². The van der Waals surface area contributed by atoms with Gasteiger partial charge in [0.2, 0.25) is 5.91 Å². The summed E-state index contributed by atoms with van der Waals surface area (Å²) in [4.78, 5) is 13.7. The molecule has 0 aliphatic heterocycles. The topological polar surface area (TPSA) is 58.4 Å². The van der Waals surface area contributed by atoms with Gasteiger partial charge in [-0.05, 0) is 46.3 Å². The Bertz CT molecular complexity index is 171. The molecular formula is C11H25N3O. The molecule has 0 aromatic rings. The molecule has 0 saturated heterocycles. The number of nitrogens with one attached hydrogen (secondary N) is 1. The number of nitrogens with zero attached hydrogens (tertiary/aromatic N) is 1. The van der Waals surface area contributed by atoms with Crippen molar-refractivity contribution in [2.75, 3.05) is 26.2 Å². The first-order chi connectivity index (χ1) is 7.10. The summed E-state index contributed by atoms with van der Waals surface area (Å²) in [6.45, 7) is 9.12. The van der Waals surface area contributed by atoms with Gasteiger partial charge in [0.25, 0.3) is 0 Å². The minimum atomic E-state index is 0.107. The summed E-state index contributed by atoms with van der Waals surface area (Å²) in [7, 11) is 0. The molecule has 0 unspecified atom stereocenters. The van der Waals surface area contributed by atoms with Gasteiger partial charge in [-0.2, -0.15) is 0 Å². The van der Waals surface area contributed by atoms with Crippen molar-refractivity contribution >= 4 is 5.91 Å². The fourth-order valence-electron chi connectivity index (χ4n) is 1.47. The Morgan fingerprint density at radius 3 is 2.53 bits per heavy atom. The molecule has 0 saturated carbocycles. The van der Waals surface area contributed by atoms with Gasteiger partial charge in [0.05, 0.1) is 6.54 Å². The monoisotopic (exact) mass is 215 g/mol. The average molecular weight is 215 g/mol.